The van der Waals surface area contributed by atoms with Crippen LogP contribution < -0.4 is 11.1 Å². The number of halogens is 1. The van der Waals surface area contributed by atoms with Crippen molar-refractivity contribution < 1.29 is 14.3 Å². The number of carbonyl (C=O) groups is 2. The molecule has 24 heavy (non-hydrogen) atoms. The summed E-state index contributed by atoms with van der Waals surface area (Å²) in [5.41, 5.74) is 7.80. The topological polar surface area (TPSA) is 84.7 Å². The molecule has 1 unspecified atom stereocenters. The Kier molecular flexibility index (Phi) is 8.55. The van der Waals surface area contributed by atoms with Crippen LogP contribution in [-0.4, -0.2) is 61.1 Å². The first kappa shape index (κ1) is 20.8. The highest BCUT2D eigenvalue weighted by Crippen LogP contribution is 2.20. The molecule has 0 bridgehead atoms. The van der Waals surface area contributed by atoms with Crippen molar-refractivity contribution in [1.82, 2.24) is 4.90 Å². The molecule has 0 saturated carbocycles. The number of thioether (sulfide) groups is 1. The van der Waals surface area contributed by atoms with Crippen LogP contribution in [0.15, 0.2) is 18.2 Å². The summed E-state index contributed by atoms with van der Waals surface area (Å²) in [7, 11) is 1.49. The van der Waals surface area contributed by atoms with Gasteiger partial charge >= 0.3 is 0 Å². The van der Waals surface area contributed by atoms with Crippen LogP contribution in [0.3, 0.4) is 0 Å². The lowest BCUT2D eigenvalue weighted by Crippen LogP contribution is -2.39. The van der Waals surface area contributed by atoms with Crippen molar-refractivity contribution in [3.8, 4) is 0 Å². The van der Waals surface area contributed by atoms with E-state index >= 15 is 0 Å². The van der Waals surface area contributed by atoms with Crippen LogP contribution in [0.4, 0.5) is 5.69 Å². The van der Waals surface area contributed by atoms with Crippen molar-refractivity contribution in [2.24, 2.45) is 5.73 Å². The van der Waals surface area contributed by atoms with E-state index in [1.807, 2.05) is 29.7 Å². The van der Waals surface area contributed by atoms with Crippen molar-refractivity contribution in [3.63, 3.8) is 0 Å². The van der Waals surface area contributed by atoms with Crippen LogP contribution in [-0.2, 0) is 9.53 Å². The number of nitrogens with zero attached hydrogens (tertiary/aromatic N) is 1. The lowest BCUT2D eigenvalue weighted by Gasteiger charge is -2.26. The Morgan fingerprint density at radius 2 is 2.04 bits per heavy atom. The highest BCUT2D eigenvalue weighted by molar-refractivity contribution is 7.99. The van der Waals surface area contributed by atoms with Crippen LogP contribution in [0, 0.1) is 6.92 Å². The van der Waals surface area contributed by atoms with Crippen molar-refractivity contribution in [2.45, 2.75) is 13.0 Å². The van der Waals surface area contributed by atoms with E-state index in [9.17, 15) is 9.59 Å². The molecule has 0 aromatic heterocycles. The van der Waals surface area contributed by atoms with Crippen molar-refractivity contribution in [2.75, 3.05) is 43.6 Å². The summed E-state index contributed by atoms with van der Waals surface area (Å²) in [4.78, 5) is 26.4. The van der Waals surface area contributed by atoms with Crippen LogP contribution >= 0.6 is 24.2 Å². The summed E-state index contributed by atoms with van der Waals surface area (Å²) in [5.74, 6) is 1.61. The van der Waals surface area contributed by atoms with E-state index in [1.54, 1.807) is 12.1 Å². The predicted octanol–water partition coefficient (Wildman–Crippen LogP) is 1.52. The number of amides is 2. The van der Waals surface area contributed by atoms with Crippen LogP contribution in [0.2, 0.25) is 0 Å². The molecule has 3 N–H and O–H groups in total. The SMILES string of the molecule is COCC(N)C(=O)Nc1cc(C(=O)N2CCSCC2)ccc1C.Cl. The van der Waals surface area contributed by atoms with Crippen molar-refractivity contribution in [1.29, 1.82) is 0 Å². The van der Waals surface area contributed by atoms with Gasteiger partial charge in [0.1, 0.15) is 6.04 Å². The Balaban J connectivity index is 0.00000288. The van der Waals surface area contributed by atoms with Gasteiger partial charge in [0.05, 0.1) is 6.61 Å². The normalized spacial score (nSPS) is 15.4. The smallest absolute Gasteiger partial charge is 0.253 e. The molecule has 1 aliphatic heterocycles. The molecular formula is C16H24ClN3O3S. The molecule has 2 amide bonds. The third-order valence-electron chi connectivity index (χ3n) is 3.72. The average molecular weight is 374 g/mol. The van der Waals surface area contributed by atoms with Gasteiger partial charge in [-0.2, -0.15) is 11.8 Å². The fourth-order valence-electron chi connectivity index (χ4n) is 2.32. The number of hydrogen-bond donors (Lipinski definition) is 2. The van der Waals surface area contributed by atoms with Gasteiger partial charge in [0.2, 0.25) is 5.91 Å². The van der Waals surface area contributed by atoms with Gasteiger partial charge in [-0.1, -0.05) is 6.07 Å². The highest BCUT2D eigenvalue weighted by Gasteiger charge is 2.20. The number of nitrogens with one attached hydrogen (secondary N) is 1. The zero-order valence-electron chi connectivity index (χ0n) is 13.9. The van der Waals surface area contributed by atoms with Crippen LogP contribution in [0.1, 0.15) is 15.9 Å². The molecule has 1 fully saturated rings. The summed E-state index contributed by atoms with van der Waals surface area (Å²) >= 11 is 1.86. The minimum atomic E-state index is -0.738. The zero-order valence-corrected chi connectivity index (χ0v) is 15.5. The summed E-state index contributed by atoms with van der Waals surface area (Å²) in [6.45, 7) is 3.55. The second-order valence-electron chi connectivity index (χ2n) is 5.49. The summed E-state index contributed by atoms with van der Waals surface area (Å²) in [6, 6.07) is 4.61. The maximum atomic E-state index is 12.5. The molecule has 0 aliphatic carbocycles. The van der Waals surface area contributed by atoms with E-state index in [1.165, 1.54) is 7.11 Å². The lowest BCUT2D eigenvalue weighted by molar-refractivity contribution is -0.118. The van der Waals surface area contributed by atoms with Gasteiger partial charge in [0.15, 0.2) is 0 Å². The van der Waals surface area contributed by atoms with Crippen LogP contribution in [0.25, 0.3) is 0 Å². The quantitative estimate of drug-likeness (QED) is 0.817. The van der Waals surface area contributed by atoms with E-state index in [2.05, 4.69) is 5.32 Å². The monoisotopic (exact) mass is 373 g/mol. The molecule has 1 atom stereocenters. The fraction of sp³-hybridized carbons (Fsp3) is 0.500. The van der Waals surface area contributed by atoms with Gasteiger partial charge in [-0.3, -0.25) is 9.59 Å². The molecule has 0 radical (unpaired) electrons. The van der Waals surface area contributed by atoms with E-state index in [0.29, 0.717) is 11.3 Å². The van der Waals surface area contributed by atoms with Gasteiger partial charge < -0.3 is 20.7 Å². The molecule has 134 valence electrons. The largest absolute Gasteiger partial charge is 0.383 e. The average Bonchev–Trinajstić information content (AvgIpc) is 2.57. The van der Waals surface area contributed by atoms with Crippen molar-refractivity contribution >= 4 is 41.7 Å². The number of carbonyl (C=O) groups excluding carboxylic acids is 2. The fourth-order valence-corrected chi connectivity index (χ4v) is 3.22. The first-order valence-electron chi connectivity index (χ1n) is 7.56. The molecule has 2 rings (SSSR count). The second-order valence-corrected chi connectivity index (χ2v) is 6.71. The van der Waals surface area contributed by atoms with E-state index < -0.39 is 6.04 Å². The highest BCUT2D eigenvalue weighted by atomic mass is 35.5. The number of anilines is 1. The second kappa shape index (κ2) is 9.88. The number of ether oxygens (including phenoxy) is 1. The molecular weight excluding hydrogens is 350 g/mol. The Hall–Kier alpha value is -1.28. The molecule has 1 aromatic carbocycles. The number of aryl methyl sites for hydroxylation is 1. The summed E-state index contributed by atoms with van der Waals surface area (Å²) in [5, 5.41) is 2.77. The van der Waals surface area contributed by atoms with Gasteiger partial charge in [-0.25, -0.2) is 0 Å². The van der Waals surface area contributed by atoms with Gasteiger partial charge in [0.25, 0.3) is 5.91 Å². The zero-order chi connectivity index (χ0) is 16.8. The molecule has 0 spiro atoms. The van der Waals surface area contributed by atoms with Gasteiger partial charge in [0, 0.05) is 43.0 Å². The number of methoxy groups -OCH3 is 1. The molecule has 1 aliphatic rings. The minimum Gasteiger partial charge on any atom is -0.383 e. The maximum Gasteiger partial charge on any atom is 0.253 e. The van der Waals surface area contributed by atoms with E-state index in [0.717, 1.165) is 30.2 Å². The lowest BCUT2D eigenvalue weighted by atomic mass is 10.1. The predicted molar refractivity (Wildman–Crippen MR) is 100 cm³/mol. The number of rotatable bonds is 5. The minimum absolute atomic E-state index is 0. The van der Waals surface area contributed by atoms with Crippen molar-refractivity contribution in [3.05, 3.63) is 29.3 Å². The molecule has 8 heteroatoms. The summed E-state index contributed by atoms with van der Waals surface area (Å²) < 4.78 is 4.89. The third kappa shape index (κ3) is 5.37. The first-order chi connectivity index (χ1) is 11.0. The maximum absolute atomic E-state index is 12.5. The van der Waals surface area contributed by atoms with E-state index in [4.69, 9.17) is 10.5 Å². The van der Waals surface area contributed by atoms with Crippen LogP contribution in [0.5, 0.6) is 0 Å². The Morgan fingerprint density at radius 3 is 2.67 bits per heavy atom. The Morgan fingerprint density at radius 1 is 1.38 bits per heavy atom. The molecule has 6 nitrogen and oxygen atoms in total. The Labute approximate surface area is 152 Å². The first-order valence-corrected chi connectivity index (χ1v) is 8.71. The van der Waals surface area contributed by atoms with Gasteiger partial charge in [-0.15, -0.1) is 12.4 Å². The summed E-state index contributed by atoms with van der Waals surface area (Å²) in [6.07, 6.45) is 0. The number of nitrogens with two attached hydrogens (primary N) is 1. The number of benzene rings is 1. The molecule has 1 heterocycles. The Bertz CT molecular complexity index is 580. The number of hydrogen-bond acceptors (Lipinski definition) is 5. The van der Waals surface area contributed by atoms with Gasteiger partial charge in [-0.05, 0) is 24.6 Å². The third-order valence-corrected chi connectivity index (χ3v) is 4.67. The molecule has 1 aromatic rings. The van der Waals surface area contributed by atoms with E-state index in [-0.39, 0.29) is 30.8 Å². The standard InChI is InChI=1S/C16H23N3O3S.ClH/c1-11-3-4-12(16(21)19-5-7-23-8-6-19)9-14(11)18-15(20)13(17)10-22-2;/h3-4,9,13H,5-8,10,17H2,1-2H3,(H,18,20);1H. The molecule has 1 saturated heterocycles.